The van der Waals surface area contributed by atoms with E-state index in [0.717, 1.165) is 109 Å². The second-order valence-electron chi connectivity index (χ2n) is 19.1. The van der Waals surface area contributed by atoms with Crippen molar-refractivity contribution in [1.82, 2.24) is 0 Å². The van der Waals surface area contributed by atoms with Crippen molar-refractivity contribution in [1.29, 1.82) is 0 Å². The number of esters is 3. The van der Waals surface area contributed by atoms with Crippen LogP contribution in [0.2, 0.25) is 0 Å². The normalized spacial score (nSPS) is 13.3. The number of hydrogen-bond acceptors (Lipinski definition) is 6. The van der Waals surface area contributed by atoms with Crippen LogP contribution in [0, 0.1) is 0 Å². The Morgan fingerprint density at radius 2 is 0.520 bits per heavy atom. The lowest BCUT2D eigenvalue weighted by Gasteiger charge is -2.18. The molecule has 6 heteroatoms. The molecule has 0 heterocycles. The van der Waals surface area contributed by atoms with Crippen molar-refractivity contribution in [3.05, 3.63) is 158 Å². The van der Waals surface area contributed by atoms with Gasteiger partial charge in [0.2, 0.25) is 0 Å². The Morgan fingerprint density at radius 1 is 0.267 bits per heavy atom. The minimum Gasteiger partial charge on any atom is -0.462 e. The van der Waals surface area contributed by atoms with Gasteiger partial charge in [-0.2, -0.15) is 0 Å². The van der Waals surface area contributed by atoms with Gasteiger partial charge in [-0.15, -0.1) is 0 Å². The lowest BCUT2D eigenvalue weighted by atomic mass is 10.0. The predicted molar refractivity (Wildman–Crippen MR) is 325 cm³/mol. The molecule has 6 nitrogen and oxygen atoms in total. The highest BCUT2D eigenvalue weighted by molar-refractivity contribution is 5.71. The van der Waals surface area contributed by atoms with Gasteiger partial charge in [0.25, 0.3) is 0 Å². The average molecular weight is 1030 g/mol. The van der Waals surface area contributed by atoms with E-state index >= 15 is 0 Å². The molecule has 420 valence electrons. The van der Waals surface area contributed by atoms with Gasteiger partial charge < -0.3 is 14.2 Å². The molecule has 0 fully saturated rings. The lowest BCUT2D eigenvalue weighted by molar-refractivity contribution is -0.166. The summed E-state index contributed by atoms with van der Waals surface area (Å²) in [7, 11) is 0. The molecular formula is C69H108O6. The summed E-state index contributed by atoms with van der Waals surface area (Å²) in [5, 5.41) is 0. The Hall–Kier alpha value is -4.97. The summed E-state index contributed by atoms with van der Waals surface area (Å²) in [6, 6.07) is 0. The van der Waals surface area contributed by atoms with E-state index in [-0.39, 0.29) is 44.0 Å². The number of ether oxygens (including phenoxy) is 3. The van der Waals surface area contributed by atoms with Gasteiger partial charge in [0.15, 0.2) is 6.10 Å². The maximum atomic E-state index is 12.8. The van der Waals surface area contributed by atoms with Gasteiger partial charge >= 0.3 is 17.9 Å². The number of rotatable bonds is 52. The number of allylic oxidation sites excluding steroid dienone is 26. The number of carbonyl (C=O) groups is 3. The second-order valence-corrected chi connectivity index (χ2v) is 19.1. The fourth-order valence-electron chi connectivity index (χ4n) is 7.66. The lowest BCUT2D eigenvalue weighted by Crippen LogP contribution is -2.30. The third kappa shape index (κ3) is 59.8. The van der Waals surface area contributed by atoms with Gasteiger partial charge in [0.05, 0.1) is 0 Å². The van der Waals surface area contributed by atoms with E-state index in [1.54, 1.807) is 0 Å². The maximum absolute atomic E-state index is 12.8. The highest BCUT2D eigenvalue weighted by Crippen LogP contribution is 2.15. The van der Waals surface area contributed by atoms with Crippen molar-refractivity contribution >= 4 is 17.9 Å². The summed E-state index contributed by atoms with van der Waals surface area (Å²) in [6.45, 7) is 6.17. The van der Waals surface area contributed by atoms with Gasteiger partial charge in [-0.05, 0) is 122 Å². The minimum atomic E-state index is -0.844. The van der Waals surface area contributed by atoms with E-state index in [0.29, 0.717) is 19.3 Å². The topological polar surface area (TPSA) is 78.9 Å². The van der Waals surface area contributed by atoms with E-state index < -0.39 is 6.10 Å². The maximum Gasteiger partial charge on any atom is 0.306 e. The van der Waals surface area contributed by atoms with Crippen LogP contribution in [-0.4, -0.2) is 37.2 Å². The fourth-order valence-corrected chi connectivity index (χ4v) is 7.66. The smallest absolute Gasteiger partial charge is 0.306 e. The van der Waals surface area contributed by atoms with E-state index in [1.807, 2.05) is 12.2 Å². The van der Waals surface area contributed by atoms with Crippen LogP contribution >= 0.6 is 0 Å². The first-order chi connectivity index (χ1) is 37.0. The van der Waals surface area contributed by atoms with Crippen LogP contribution in [0.25, 0.3) is 0 Å². The number of unbranched alkanes of at least 4 members (excludes halogenated alkanes) is 15. The fraction of sp³-hybridized carbons (Fsp3) is 0.580. The van der Waals surface area contributed by atoms with Crippen molar-refractivity contribution in [3.8, 4) is 0 Å². The first kappa shape index (κ1) is 70.0. The van der Waals surface area contributed by atoms with Crippen LogP contribution < -0.4 is 0 Å². The summed E-state index contributed by atoms with van der Waals surface area (Å²) in [6.07, 6.45) is 89.9. The number of carbonyl (C=O) groups excluding carboxylic acids is 3. The summed E-state index contributed by atoms with van der Waals surface area (Å²) < 4.78 is 16.7. The molecule has 0 aromatic carbocycles. The molecule has 0 aliphatic rings. The van der Waals surface area contributed by atoms with E-state index in [4.69, 9.17) is 14.2 Å². The van der Waals surface area contributed by atoms with E-state index in [2.05, 4.69) is 167 Å². The van der Waals surface area contributed by atoms with Crippen molar-refractivity contribution in [2.24, 2.45) is 0 Å². The molecule has 0 aromatic rings. The SMILES string of the molecule is CC/C=C\C/C=C\C/C=C\C/C=C\C/C=C\CCCC(=O)OC(COC(=O)CC/C=C\C/C=C\C/C=C\C/C=C\CC)COC(=O)CCCCCCCCCCCCCCCC/C=C\C/C=C\C/C=C\C/C=C\CC. The van der Waals surface area contributed by atoms with Gasteiger partial charge in [-0.3, -0.25) is 14.4 Å². The highest BCUT2D eigenvalue weighted by atomic mass is 16.6. The standard InChI is InChI=1S/C69H108O6/c1-4-7-10-13-16-19-22-25-27-29-30-31-32-33-34-35-36-37-38-40-41-44-47-50-53-56-59-62-68(71)74-65-66(64-73-67(70)61-58-55-52-49-46-43-24-21-18-15-12-9-6-3)75-69(72)63-60-57-54-51-48-45-42-39-28-26-23-20-17-14-11-8-5-2/h7-12,16-21,25-28,30-31,42-43,45-46,51-52,54-55,66H,4-6,13-15,22-24,29,32-41,44,47-50,53,56-65H2,1-3H3/b10-7-,11-8-,12-9-,19-16-,20-17-,21-18-,27-25-,28-26-,31-30-,45-42-,46-43-,54-51-,55-52-. The Labute approximate surface area is 460 Å². The van der Waals surface area contributed by atoms with Crippen LogP contribution in [0.3, 0.4) is 0 Å². The van der Waals surface area contributed by atoms with Gasteiger partial charge in [0, 0.05) is 19.3 Å². The van der Waals surface area contributed by atoms with E-state index in [9.17, 15) is 14.4 Å². The van der Waals surface area contributed by atoms with Gasteiger partial charge in [-0.1, -0.05) is 256 Å². The van der Waals surface area contributed by atoms with Crippen LogP contribution in [0.4, 0.5) is 0 Å². The first-order valence-electron chi connectivity index (χ1n) is 30.0. The zero-order chi connectivity index (χ0) is 54.3. The van der Waals surface area contributed by atoms with Crippen molar-refractivity contribution in [3.63, 3.8) is 0 Å². The van der Waals surface area contributed by atoms with Gasteiger partial charge in [-0.25, -0.2) is 0 Å². The first-order valence-corrected chi connectivity index (χ1v) is 30.0. The largest absolute Gasteiger partial charge is 0.462 e. The molecule has 0 saturated heterocycles. The molecule has 0 aliphatic heterocycles. The zero-order valence-electron chi connectivity index (χ0n) is 48.0. The Kier molecular flexibility index (Phi) is 57.5. The van der Waals surface area contributed by atoms with Crippen molar-refractivity contribution < 1.29 is 28.6 Å². The monoisotopic (exact) mass is 1030 g/mol. The van der Waals surface area contributed by atoms with Crippen LogP contribution in [0.15, 0.2) is 158 Å². The Morgan fingerprint density at radius 3 is 0.867 bits per heavy atom. The zero-order valence-corrected chi connectivity index (χ0v) is 48.0. The highest BCUT2D eigenvalue weighted by Gasteiger charge is 2.19. The van der Waals surface area contributed by atoms with Crippen molar-refractivity contribution in [2.75, 3.05) is 13.2 Å². The molecule has 0 aromatic heterocycles. The van der Waals surface area contributed by atoms with Crippen molar-refractivity contribution in [2.45, 2.75) is 245 Å². The molecule has 0 N–H and O–H groups in total. The summed E-state index contributed by atoms with van der Waals surface area (Å²) in [5.74, 6) is -1.08. The van der Waals surface area contributed by atoms with Crippen LogP contribution in [0.5, 0.6) is 0 Å². The van der Waals surface area contributed by atoms with Crippen LogP contribution in [0.1, 0.15) is 239 Å². The Bertz CT molecular complexity index is 1710. The summed E-state index contributed by atoms with van der Waals surface area (Å²) >= 11 is 0. The minimum absolute atomic E-state index is 0.129. The second kappa shape index (κ2) is 61.6. The molecule has 0 amide bonds. The molecule has 0 radical (unpaired) electrons. The molecule has 1 atom stereocenters. The molecular weight excluding hydrogens is 925 g/mol. The quantitative estimate of drug-likeness (QED) is 0.0261. The van der Waals surface area contributed by atoms with Crippen LogP contribution in [-0.2, 0) is 28.6 Å². The third-order valence-electron chi connectivity index (χ3n) is 12.0. The average Bonchev–Trinajstić information content (AvgIpc) is 3.41. The summed E-state index contributed by atoms with van der Waals surface area (Å²) in [5.41, 5.74) is 0. The molecule has 0 rings (SSSR count). The molecule has 75 heavy (non-hydrogen) atoms. The molecule has 0 bridgehead atoms. The van der Waals surface area contributed by atoms with E-state index in [1.165, 1.54) is 77.0 Å². The molecule has 0 saturated carbocycles. The molecule has 1 unspecified atom stereocenters. The van der Waals surface area contributed by atoms with Gasteiger partial charge in [0.1, 0.15) is 13.2 Å². The molecule has 0 aliphatic carbocycles. The third-order valence-corrected chi connectivity index (χ3v) is 12.0. The summed E-state index contributed by atoms with van der Waals surface area (Å²) in [4.78, 5) is 38.1. The predicted octanol–water partition coefficient (Wildman–Crippen LogP) is 20.5. The Balaban J connectivity index is 4.41. The number of hydrogen-bond donors (Lipinski definition) is 0. The molecule has 0 spiro atoms.